The molecule has 0 heterocycles. The molecule has 0 bridgehead atoms. The van der Waals surface area contributed by atoms with Crippen LogP contribution in [0.2, 0.25) is 5.02 Å². The van der Waals surface area contributed by atoms with Crippen molar-refractivity contribution < 1.29 is 14.3 Å². The molecule has 0 radical (unpaired) electrons. The molecule has 1 atom stereocenters. The molecule has 0 aliphatic heterocycles. The summed E-state index contributed by atoms with van der Waals surface area (Å²) < 4.78 is 4.92. The Balaban J connectivity index is 2.55. The fourth-order valence-electron chi connectivity index (χ4n) is 1.39. The molecule has 0 spiro atoms. The molecule has 0 aliphatic carbocycles. The Hall–Kier alpha value is -1.75. The summed E-state index contributed by atoms with van der Waals surface area (Å²) in [6.45, 7) is 5.52. The maximum absolute atomic E-state index is 11.8. The van der Waals surface area contributed by atoms with Crippen molar-refractivity contribution >= 4 is 29.2 Å². The maximum atomic E-state index is 11.8. The summed E-state index contributed by atoms with van der Waals surface area (Å²) in [4.78, 5) is 23.4. The predicted octanol–water partition coefficient (Wildman–Crippen LogP) is 2.24. The minimum Gasteiger partial charge on any atom is -0.452 e. The first-order valence-electron chi connectivity index (χ1n) is 6.33. The first-order chi connectivity index (χ1) is 9.32. The molecule has 110 valence electrons. The van der Waals surface area contributed by atoms with E-state index in [1.807, 2.05) is 20.8 Å². The van der Waals surface area contributed by atoms with Gasteiger partial charge < -0.3 is 15.8 Å². The second-order valence-corrected chi connectivity index (χ2v) is 5.28. The van der Waals surface area contributed by atoms with Crippen LogP contribution in [0.4, 0.5) is 5.69 Å². The maximum Gasteiger partial charge on any atom is 0.340 e. The van der Waals surface area contributed by atoms with Gasteiger partial charge in [0.1, 0.15) is 0 Å². The van der Waals surface area contributed by atoms with Gasteiger partial charge in [-0.05, 0) is 25.0 Å². The summed E-state index contributed by atoms with van der Waals surface area (Å²) >= 11 is 5.81. The van der Waals surface area contributed by atoms with E-state index in [9.17, 15) is 9.59 Å². The number of nitrogens with one attached hydrogen (secondary N) is 1. The zero-order valence-corrected chi connectivity index (χ0v) is 12.5. The van der Waals surface area contributed by atoms with Crippen LogP contribution in [0.1, 0.15) is 31.1 Å². The minimum atomic E-state index is -0.669. The van der Waals surface area contributed by atoms with Crippen molar-refractivity contribution in [3.8, 4) is 0 Å². The standard InChI is InChI=1S/C14H19ClN2O3/c1-8(2)9(3)17-12(18)7-20-14(19)10-5-4-6-11(15)13(10)16/h4-6,8-9H,7,16H2,1-3H3,(H,17,18). The Bertz CT molecular complexity index is 503. The number of rotatable bonds is 5. The zero-order chi connectivity index (χ0) is 15.3. The van der Waals surface area contributed by atoms with Crippen LogP contribution in [0, 0.1) is 5.92 Å². The number of carbonyl (C=O) groups excluding carboxylic acids is 2. The number of amides is 1. The molecular weight excluding hydrogens is 280 g/mol. The summed E-state index contributed by atoms with van der Waals surface area (Å²) in [7, 11) is 0. The average molecular weight is 299 g/mol. The second-order valence-electron chi connectivity index (χ2n) is 4.88. The van der Waals surface area contributed by atoms with Gasteiger partial charge in [-0.3, -0.25) is 4.79 Å². The van der Waals surface area contributed by atoms with Crippen LogP contribution in [0.25, 0.3) is 0 Å². The lowest BCUT2D eigenvalue weighted by Crippen LogP contribution is -2.38. The molecule has 1 amide bonds. The second kappa shape index (κ2) is 7.14. The molecule has 1 unspecified atom stereocenters. The molecule has 0 aromatic heterocycles. The highest BCUT2D eigenvalue weighted by atomic mass is 35.5. The molecule has 0 fully saturated rings. The van der Waals surface area contributed by atoms with Crippen LogP contribution >= 0.6 is 11.6 Å². The van der Waals surface area contributed by atoms with Gasteiger partial charge in [-0.25, -0.2) is 4.79 Å². The van der Waals surface area contributed by atoms with Crippen molar-refractivity contribution in [3.05, 3.63) is 28.8 Å². The van der Waals surface area contributed by atoms with E-state index >= 15 is 0 Å². The van der Waals surface area contributed by atoms with Crippen LogP contribution in [-0.4, -0.2) is 24.5 Å². The van der Waals surface area contributed by atoms with Gasteiger partial charge in [0.05, 0.1) is 16.3 Å². The number of para-hydroxylation sites is 1. The first kappa shape index (κ1) is 16.3. The van der Waals surface area contributed by atoms with Crippen molar-refractivity contribution in [3.63, 3.8) is 0 Å². The van der Waals surface area contributed by atoms with Crippen LogP contribution < -0.4 is 11.1 Å². The largest absolute Gasteiger partial charge is 0.452 e. The monoisotopic (exact) mass is 298 g/mol. The summed E-state index contributed by atoms with van der Waals surface area (Å²) in [6.07, 6.45) is 0. The van der Waals surface area contributed by atoms with E-state index in [4.69, 9.17) is 22.1 Å². The molecule has 1 rings (SSSR count). The lowest BCUT2D eigenvalue weighted by Gasteiger charge is -2.17. The SMILES string of the molecule is CC(C)C(C)NC(=O)COC(=O)c1cccc(Cl)c1N. The minimum absolute atomic E-state index is 0.0115. The third-order valence-electron chi connectivity index (χ3n) is 3.00. The molecule has 0 saturated carbocycles. The number of nitrogens with two attached hydrogens (primary N) is 1. The molecular formula is C14H19ClN2O3. The van der Waals surface area contributed by atoms with Crippen molar-refractivity contribution in [2.24, 2.45) is 5.92 Å². The first-order valence-corrected chi connectivity index (χ1v) is 6.71. The topological polar surface area (TPSA) is 81.4 Å². The molecule has 0 saturated heterocycles. The van der Waals surface area contributed by atoms with E-state index in [0.29, 0.717) is 5.92 Å². The third kappa shape index (κ3) is 4.42. The zero-order valence-electron chi connectivity index (χ0n) is 11.8. The van der Waals surface area contributed by atoms with Gasteiger partial charge in [-0.15, -0.1) is 0 Å². The van der Waals surface area contributed by atoms with Gasteiger partial charge in [0.15, 0.2) is 6.61 Å². The van der Waals surface area contributed by atoms with E-state index in [2.05, 4.69) is 5.32 Å². The normalized spacial score (nSPS) is 12.1. The Morgan fingerprint density at radius 1 is 1.35 bits per heavy atom. The number of hydrogen-bond acceptors (Lipinski definition) is 4. The van der Waals surface area contributed by atoms with E-state index in [1.165, 1.54) is 6.07 Å². The number of nitrogen functional groups attached to an aromatic ring is 1. The van der Waals surface area contributed by atoms with Gasteiger partial charge in [0, 0.05) is 6.04 Å². The van der Waals surface area contributed by atoms with Crippen molar-refractivity contribution in [1.29, 1.82) is 0 Å². The van der Waals surface area contributed by atoms with Gasteiger partial charge >= 0.3 is 5.97 Å². The van der Waals surface area contributed by atoms with Crippen LogP contribution in [0.5, 0.6) is 0 Å². The molecule has 5 nitrogen and oxygen atoms in total. The summed E-state index contributed by atoms with van der Waals surface area (Å²) in [5, 5.41) is 3.01. The van der Waals surface area contributed by atoms with Crippen LogP contribution in [0.15, 0.2) is 18.2 Å². The quantitative estimate of drug-likeness (QED) is 0.645. The van der Waals surface area contributed by atoms with Gasteiger partial charge in [-0.1, -0.05) is 31.5 Å². The van der Waals surface area contributed by atoms with Crippen molar-refractivity contribution in [1.82, 2.24) is 5.32 Å². The Kier molecular flexibility index (Phi) is 5.82. The molecule has 1 aromatic rings. The third-order valence-corrected chi connectivity index (χ3v) is 3.33. The van der Waals surface area contributed by atoms with E-state index < -0.39 is 5.97 Å². The average Bonchev–Trinajstić information content (AvgIpc) is 2.39. The van der Waals surface area contributed by atoms with Crippen molar-refractivity contribution in [2.75, 3.05) is 12.3 Å². The fraction of sp³-hybridized carbons (Fsp3) is 0.429. The van der Waals surface area contributed by atoms with Gasteiger partial charge in [0.25, 0.3) is 5.91 Å². The number of hydrogen-bond donors (Lipinski definition) is 2. The fourth-order valence-corrected chi connectivity index (χ4v) is 1.56. The molecule has 0 aliphatic rings. The number of esters is 1. The number of anilines is 1. The highest BCUT2D eigenvalue weighted by molar-refractivity contribution is 6.33. The summed E-state index contributed by atoms with van der Waals surface area (Å²) in [6, 6.07) is 4.68. The van der Waals surface area contributed by atoms with Gasteiger partial charge in [0.2, 0.25) is 0 Å². The summed E-state index contributed by atoms with van der Waals surface area (Å²) in [5.74, 6) is -0.712. The number of ether oxygens (including phenoxy) is 1. The van der Waals surface area contributed by atoms with Crippen LogP contribution in [0.3, 0.4) is 0 Å². The highest BCUT2D eigenvalue weighted by Crippen LogP contribution is 2.22. The molecule has 20 heavy (non-hydrogen) atoms. The molecule has 6 heteroatoms. The lowest BCUT2D eigenvalue weighted by molar-refractivity contribution is -0.125. The number of carbonyl (C=O) groups is 2. The van der Waals surface area contributed by atoms with Crippen LogP contribution in [-0.2, 0) is 9.53 Å². The summed E-state index contributed by atoms with van der Waals surface area (Å²) in [5.41, 5.74) is 5.98. The van der Waals surface area contributed by atoms with E-state index in [0.717, 1.165) is 0 Å². The Morgan fingerprint density at radius 3 is 2.60 bits per heavy atom. The molecule has 3 N–H and O–H groups in total. The number of benzene rings is 1. The molecule has 1 aromatic carbocycles. The van der Waals surface area contributed by atoms with Crippen molar-refractivity contribution in [2.45, 2.75) is 26.8 Å². The van der Waals surface area contributed by atoms with E-state index in [-0.39, 0.29) is 34.8 Å². The lowest BCUT2D eigenvalue weighted by atomic mass is 10.1. The highest BCUT2D eigenvalue weighted by Gasteiger charge is 2.16. The smallest absolute Gasteiger partial charge is 0.340 e. The Morgan fingerprint density at radius 2 is 2.00 bits per heavy atom. The van der Waals surface area contributed by atoms with E-state index in [1.54, 1.807) is 12.1 Å². The number of halogens is 1. The Labute approximate surface area is 123 Å². The van der Waals surface area contributed by atoms with Gasteiger partial charge in [-0.2, -0.15) is 0 Å². The predicted molar refractivity (Wildman–Crippen MR) is 78.6 cm³/mol.